The van der Waals surface area contributed by atoms with E-state index in [2.05, 4.69) is 77.9 Å². The first-order valence-corrected chi connectivity index (χ1v) is 19.5. The molecule has 0 radical (unpaired) electrons. The van der Waals surface area contributed by atoms with Crippen molar-refractivity contribution < 1.29 is 9.59 Å². The summed E-state index contributed by atoms with van der Waals surface area (Å²) in [5.41, 5.74) is 0.158. The molecule has 2 aromatic heterocycles. The number of aromatic nitrogens is 4. The number of piperidine rings is 1. The van der Waals surface area contributed by atoms with Gasteiger partial charge in [-0.25, -0.2) is 9.59 Å². The van der Waals surface area contributed by atoms with E-state index in [1.165, 1.54) is 83.4 Å². The number of rotatable bonds is 8. The third-order valence-electron chi connectivity index (χ3n) is 10.0. The summed E-state index contributed by atoms with van der Waals surface area (Å²) in [7, 11) is 5.65. The highest BCUT2D eigenvalue weighted by molar-refractivity contribution is 6.31. The van der Waals surface area contributed by atoms with Gasteiger partial charge >= 0.3 is 11.4 Å². The van der Waals surface area contributed by atoms with Gasteiger partial charge in [-0.3, -0.25) is 37.4 Å². The Balaban J connectivity index is 0.000000222. The Hall–Kier alpha value is -5.21. The third-order valence-corrected chi connectivity index (χ3v) is 10.5. The molecule has 56 heavy (non-hydrogen) atoms. The molecule has 0 N–H and O–H groups in total. The molecular formula is C41H57ClN8O6. The van der Waals surface area contributed by atoms with Crippen LogP contribution in [0.4, 0.5) is 17.2 Å². The number of halogens is 1. The van der Waals surface area contributed by atoms with Crippen molar-refractivity contribution in [1.82, 2.24) is 23.2 Å². The number of nitrogens with zero attached hydrogens (tertiary/aromatic N) is 8. The molecule has 0 bridgehead atoms. The van der Waals surface area contributed by atoms with Crippen LogP contribution in [0.1, 0.15) is 60.7 Å². The van der Waals surface area contributed by atoms with Crippen LogP contribution in [0, 0.1) is 0 Å². The fourth-order valence-electron chi connectivity index (χ4n) is 6.57. The van der Waals surface area contributed by atoms with E-state index in [0.717, 1.165) is 32.5 Å². The van der Waals surface area contributed by atoms with Crippen molar-refractivity contribution in [3.63, 3.8) is 0 Å². The number of hydrogen-bond acceptors (Lipinski definition) is 10. The van der Waals surface area contributed by atoms with E-state index in [1.807, 2.05) is 23.1 Å². The first-order valence-electron chi connectivity index (χ1n) is 19.1. The van der Waals surface area contributed by atoms with Crippen LogP contribution in [0.15, 0.2) is 79.8 Å². The van der Waals surface area contributed by atoms with E-state index >= 15 is 0 Å². The molecule has 0 atom stereocenters. The highest BCUT2D eigenvalue weighted by Crippen LogP contribution is 2.21. The Labute approximate surface area is 333 Å². The Morgan fingerprint density at radius 3 is 1.34 bits per heavy atom. The molecule has 2 saturated heterocycles. The van der Waals surface area contributed by atoms with Crippen LogP contribution in [0.5, 0.6) is 0 Å². The average molecular weight is 793 g/mol. The van der Waals surface area contributed by atoms with Crippen LogP contribution in [0.2, 0.25) is 5.15 Å². The summed E-state index contributed by atoms with van der Waals surface area (Å²) in [6.07, 6.45) is 5.00. The van der Waals surface area contributed by atoms with Gasteiger partial charge in [0.15, 0.2) is 12.6 Å². The number of hydrogen-bond donors (Lipinski definition) is 0. The first-order chi connectivity index (χ1) is 26.9. The smallest absolute Gasteiger partial charge is 0.332 e. The van der Waals surface area contributed by atoms with Gasteiger partial charge in [0, 0.05) is 78.8 Å². The Bertz CT molecular complexity index is 2090. The molecule has 0 unspecified atom stereocenters. The average Bonchev–Trinajstić information content (AvgIpc) is 3.25. The number of piperazine rings is 1. The second-order valence-corrected chi connectivity index (χ2v) is 13.8. The first kappa shape index (κ1) is 45.2. The van der Waals surface area contributed by atoms with Crippen LogP contribution in [0.25, 0.3) is 0 Å². The normalized spacial score (nSPS) is 13.8. The van der Waals surface area contributed by atoms with Gasteiger partial charge < -0.3 is 19.6 Å². The van der Waals surface area contributed by atoms with Crippen LogP contribution < -0.4 is 37.2 Å². The molecule has 2 aliphatic rings. The summed E-state index contributed by atoms with van der Waals surface area (Å²) in [6.45, 7) is 15.4. The molecule has 15 heteroatoms. The summed E-state index contributed by atoms with van der Waals surface area (Å²) in [6, 6.07) is 20.8. The second kappa shape index (κ2) is 22.4. The minimum Gasteiger partial charge on any atom is -0.372 e. The van der Waals surface area contributed by atoms with E-state index in [9.17, 15) is 28.8 Å². The molecule has 6 rings (SSSR count). The van der Waals surface area contributed by atoms with Gasteiger partial charge in [0.1, 0.15) is 22.1 Å². The lowest BCUT2D eigenvalue weighted by Gasteiger charge is -2.38. The van der Waals surface area contributed by atoms with E-state index in [1.54, 1.807) is 7.05 Å². The van der Waals surface area contributed by atoms with E-state index < -0.39 is 22.5 Å². The van der Waals surface area contributed by atoms with E-state index in [4.69, 9.17) is 11.6 Å². The Morgan fingerprint density at radius 2 is 0.929 bits per heavy atom. The van der Waals surface area contributed by atoms with Gasteiger partial charge in [-0.05, 0) is 63.2 Å². The largest absolute Gasteiger partial charge is 0.372 e. The van der Waals surface area contributed by atoms with Crippen LogP contribution in [0.3, 0.4) is 0 Å². The number of benzene rings is 2. The third kappa shape index (κ3) is 11.4. The minimum absolute atomic E-state index is 0.0350. The van der Waals surface area contributed by atoms with Crippen LogP contribution in [-0.2, 0) is 28.2 Å². The minimum atomic E-state index is -0.678. The molecular weight excluding hydrogens is 736 g/mol. The highest BCUT2D eigenvalue weighted by Gasteiger charge is 2.24. The summed E-state index contributed by atoms with van der Waals surface area (Å²) < 4.78 is 4.21. The standard InChI is InChI=1S/C17H20N4O3.C11H15N.C7H7ClN2O3.C6H15N/c1-18-15(14(12-22)16(23)19(2)17(18)24)21-10-8-20(9-11-21)13-6-4-3-5-7-13;1-3-7-11(8-4-1)12-9-5-2-6-10-12;1-9-5(8)4(3-11)6(12)10(2)7(9)13;1-4-7(5-2)6-3/h3-7,12H,8-11H2,1-2H3;1,3-4,7-8H,2,5-6,9-10H2;3H,1-2H3;4-6H2,1-3H3. The zero-order valence-electron chi connectivity index (χ0n) is 33.8. The lowest BCUT2D eigenvalue weighted by atomic mass is 10.1. The van der Waals surface area contributed by atoms with Crippen LogP contribution >= 0.6 is 11.6 Å². The zero-order chi connectivity index (χ0) is 41.4. The molecule has 0 spiro atoms. The molecule has 4 aromatic rings. The zero-order valence-corrected chi connectivity index (χ0v) is 34.6. The van der Waals surface area contributed by atoms with E-state index in [-0.39, 0.29) is 16.3 Å². The lowest BCUT2D eigenvalue weighted by Crippen LogP contribution is -2.50. The number of carbonyl (C=O) groups excluding carboxylic acids is 2. The predicted molar refractivity (Wildman–Crippen MR) is 226 cm³/mol. The Kier molecular flexibility index (Phi) is 18.0. The number of aldehydes is 2. The summed E-state index contributed by atoms with van der Waals surface area (Å²) in [5.74, 6) is 0.408. The number of anilines is 3. The molecule has 2 aromatic carbocycles. The molecule has 0 saturated carbocycles. The summed E-state index contributed by atoms with van der Waals surface area (Å²) in [4.78, 5) is 77.7. The maximum absolute atomic E-state index is 12.2. The molecule has 0 amide bonds. The van der Waals surface area contributed by atoms with Gasteiger partial charge in [0.05, 0.1) is 0 Å². The number of carbonyl (C=O) groups is 2. The van der Waals surface area contributed by atoms with Crippen molar-refractivity contribution in [3.05, 3.63) is 119 Å². The van der Waals surface area contributed by atoms with Gasteiger partial charge in [-0.15, -0.1) is 0 Å². The van der Waals surface area contributed by atoms with Gasteiger partial charge in [-0.2, -0.15) is 0 Å². The molecule has 304 valence electrons. The maximum atomic E-state index is 12.2. The quantitative estimate of drug-likeness (QED) is 0.192. The predicted octanol–water partition coefficient (Wildman–Crippen LogP) is 3.80. The van der Waals surface area contributed by atoms with Crippen molar-refractivity contribution in [1.29, 1.82) is 0 Å². The van der Waals surface area contributed by atoms with Gasteiger partial charge in [0.2, 0.25) is 0 Å². The second-order valence-electron chi connectivity index (χ2n) is 13.4. The SMILES string of the molecule is CCN(CC)CC.Cn1c(Cl)c(C=O)c(=O)n(C)c1=O.Cn1c(N2CCN(c3ccccc3)CC2)c(C=O)c(=O)n(C)c1=O.c1ccc(N2CCCCC2)cc1. The van der Waals surface area contributed by atoms with Crippen molar-refractivity contribution in [3.8, 4) is 0 Å². The summed E-state index contributed by atoms with van der Waals surface area (Å²) in [5, 5.41) is -0.136. The van der Waals surface area contributed by atoms with Crippen LogP contribution in [-0.4, -0.2) is 94.6 Å². The molecule has 2 aliphatic heterocycles. The Morgan fingerprint density at radius 1 is 0.536 bits per heavy atom. The van der Waals surface area contributed by atoms with E-state index in [0.29, 0.717) is 31.5 Å². The maximum Gasteiger partial charge on any atom is 0.332 e. The lowest BCUT2D eigenvalue weighted by molar-refractivity contribution is 0.111. The summed E-state index contributed by atoms with van der Waals surface area (Å²) >= 11 is 5.59. The topological polar surface area (TPSA) is 135 Å². The van der Waals surface area contributed by atoms with Crippen molar-refractivity contribution in [2.24, 2.45) is 28.2 Å². The molecule has 14 nitrogen and oxygen atoms in total. The fourth-order valence-corrected chi connectivity index (χ4v) is 6.76. The fraction of sp³-hybridized carbons (Fsp3) is 0.463. The highest BCUT2D eigenvalue weighted by atomic mass is 35.5. The van der Waals surface area contributed by atoms with Crippen molar-refractivity contribution in [2.45, 2.75) is 40.0 Å². The van der Waals surface area contributed by atoms with Crippen molar-refractivity contribution in [2.75, 3.05) is 73.6 Å². The van der Waals surface area contributed by atoms with Gasteiger partial charge in [-0.1, -0.05) is 68.8 Å². The monoisotopic (exact) mass is 792 g/mol. The molecule has 2 fully saturated rings. The molecule has 0 aliphatic carbocycles. The van der Waals surface area contributed by atoms with Crippen molar-refractivity contribution >= 4 is 41.4 Å². The van der Waals surface area contributed by atoms with Gasteiger partial charge in [0.25, 0.3) is 11.1 Å². The molecule has 4 heterocycles. The number of para-hydroxylation sites is 2.